The van der Waals surface area contributed by atoms with Crippen LogP contribution in [0.15, 0.2) is 77.4 Å². The normalized spacial score (nSPS) is 22.0. The van der Waals surface area contributed by atoms with Crippen molar-refractivity contribution in [2.24, 2.45) is 16.3 Å². The monoisotopic (exact) mass is 856 g/mol. The fraction of sp³-hybridized carbons (Fsp3) is 0.458. The average Bonchev–Trinajstić information content (AvgIpc) is 3.50. The molecule has 4 amide bonds. The van der Waals surface area contributed by atoms with Crippen molar-refractivity contribution in [3.8, 4) is 11.8 Å². The lowest BCUT2D eigenvalue weighted by atomic mass is 9.71. The number of likely N-dealkylation sites (N-methyl/N-ethyl adjacent to an activating group) is 1. The van der Waals surface area contributed by atoms with Gasteiger partial charge in [-0.3, -0.25) is 29.4 Å². The van der Waals surface area contributed by atoms with Crippen LogP contribution < -0.4 is 15.0 Å². The van der Waals surface area contributed by atoms with E-state index in [9.17, 15) is 24.4 Å². The number of ether oxygens (including phenoxy) is 1. The van der Waals surface area contributed by atoms with Gasteiger partial charge in [0.25, 0.3) is 11.8 Å². The van der Waals surface area contributed by atoms with Gasteiger partial charge in [-0.2, -0.15) is 5.26 Å². The number of anilines is 1. The second-order valence-corrected chi connectivity index (χ2v) is 18.9. The topological polar surface area (TPSA) is 142 Å². The van der Waals surface area contributed by atoms with Crippen molar-refractivity contribution in [1.82, 2.24) is 24.9 Å². The van der Waals surface area contributed by atoms with E-state index in [1.54, 1.807) is 12.1 Å². The maximum atomic E-state index is 13.4. The summed E-state index contributed by atoms with van der Waals surface area (Å²) in [6, 6.07) is 20.3. The van der Waals surface area contributed by atoms with Gasteiger partial charge in [0.2, 0.25) is 17.8 Å². The SMILES string of the molecule is CN1CC=C(COc2ccc(C(C)(C)c3cc(Cl)cc(C#N)c3)cc2)N=C1N1CC(CN2CCC3(CC2)CCN(c2ccc4c(c2)C(=O)N(C2CCC(=O)NC2=O)C4=O)CC3)C1. The molecule has 322 valence electrons. The van der Waals surface area contributed by atoms with Crippen LogP contribution in [-0.2, 0) is 15.0 Å². The van der Waals surface area contributed by atoms with Crippen LogP contribution in [0.1, 0.15) is 89.8 Å². The number of guanidine groups is 1. The number of fused-ring (bicyclic) bond motifs is 1. The molecule has 3 aromatic rings. The molecule has 1 spiro atoms. The standard InChI is InChI=1S/C48H53ClN8O5/c1-47(2,34-22-31(26-50)23-35(49)24-34)33-4-7-38(8-5-33)62-30-36-12-17-53(3)46(51-36)56-28-32(29-56)27-54-18-13-48(14-19-54)15-20-55(21-16-48)37-6-9-39-40(25-37)45(61)57(44(39)60)41-10-11-42(58)52-43(41)59/h4-9,12,22-25,32,41H,10-11,13-21,27-30H2,1-3H3,(H,52,58,59). The number of halogens is 1. The molecule has 14 heteroatoms. The van der Waals surface area contributed by atoms with E-state index in [0.717, 1.165) is 104 Å². The molecule has 6 heterocycles. The molecule has 62 heavy (non-hydrogen) atoms. The molecule has 0 bridgehead atoms. The highest BCUT2D eigenvalue weighted by atomic mass is 35.5. The molecule has 3 aromatic carbocycles. The zero-order valence-electron chi connectivity index (χ0n) is 35.7. The average molecular weight is 857 g/mol. The number of amides is 4. The largest absolute Gasteiger partial charge is 0.487 e. The molecule has 4 saturated heterocycles. The van der Waals surface area contributed by atoms with Gasteiger partial charge >= 0.3 is 0 Å². The van der Waals surface area contributed by atoms with Crippen LogP contribution in [0.4, 0.5) is 5.69 Å². The molecular formula is C48H53ClN8O5. The summed E-state index contributed by atoms with van der Waals surface area (Å²) in [7, 11) is 2.10. The molecule has 13 nitrogen and oxygen atoms in total. The van der Waals surface area contributed by atoms with Gasteiger partial charge in [0.05, 0.1) is 28.5 Å². The Bertz CT molecular complexity index is 2400. The highest BCUT2D eigenvalue weighted by molar-refractivity contribution is 6.30. The number of hydrogen-bond donors (Lipinski definition) is 1. The lowest BCUT2D eigenvalue weighted by molar-refractivity contribution is -0.136. The van der Waals surface area contributed by atoms with E-state index in [4.69, 9.17) is 21.3 Å². The lowest BCUT2D eigenvalue weighted by Crippen LogP contribution is -2.58. The molecule has 0 aliphatic carbocycles. The van der Waals surface area contributed by atoms with Crippen LogP contribution in [0, 0.1) is 22.7 Å². The van der Waals surface area contributed by atoms with E-state index in [2.05, 4.69) is 70.1 Å². The zero-order chi connectivity index (χ0) is 43.3. The van der Waals surface area contributed by atoms with Gasteiger partial charge in [0, 0.05) is 74.8 Å². The number of carbonyl (C=O) groups excluding carboxylic acids is 4. The maximum Gasteiger partial charge on any atom is 0.262 e. The summed E-state index contributed by atoms with van der Waals surface area (Å²) in [4.78, 5) is 66.4. The highest BCUT2D eigenvalue weighted by Gasteiger charge is 2.45. The number of hydrogen-bond acceptors (Lipinski definition) is 11. The van der Waals surface area contributed by atoms with Crippen LogP contribution in [0.2, 0.25) is 5.02 Å². The Labute approximate surface area is 367 Å². The Balaban J connectivity index is 0.721. The minimum atomic E-state index is -0.960. The Morgan fingerprint density at radius 1 is 0.887 bits per heavy atom. The van der Waals surface area contributed by atoms with Crippen molar-refractivity contribution in [2.75, 3.05) is 70.9 Å². The number of imide groups is 2. The summed E-state index contributed by atoms with van der Waals surface area (Å²) < 4.78 is 6.21. The van der Waals surface area contributed by atoms with Crippen LogP contribution >= 0.6 is 11.6 Å². The fourth-order valence-electron chi connectivity index (χ4n) is 10.1. The van der Waals surface area contributed by atoms with E-state index in [1.165, 1.54) is 12.8 Å². The first-order valence-electron chi connectivity index (χ1n) is 21.8. The van der Waals surface area contributed by atoms with Crippen molar-refractivity contribution in [2.45, 2.75) is 63.8 Å². The van der Waals surface area contributed by atoms with Crippen molar-refractivity contribution in [3.63, 3.8) is 0 Å². The van der Waals surface area contributed by atoms with Crippen LogP contribution in [-0.4, -0.2) is 121 Å². The second kappa shape index (κ2) is 16.5. The Hall–Kier alpha value is -5.71. The Kier molecular flexibility index (Phi) is 11.1. The van der Waals surface area contributed by atoms with Crippen LogP contribution in [0.25, 0.3) is 0 Å². The van der Waals surface area contributed by atoms with Gasteiger partial charge in [-0.1, -0.05) is 37.6 Å². The highest BCUT2D eigenvalue weighted by Crippen LogP contribution is 2.43. The second-order valence-electron chi connectivity index (χ2n) is 18.5. The third-order valence-corrected chi connectivity index (χ3v) is 14.4. The van der Waals surface area contributed by atoms with Crippen molar-refractivity contribution < 1.29 is 23.9 Å². The van der Waals surface area contributed by atoms with Gasteiger partial charge in [-0.15, -0.1) is 0 Å². The molecule has 1 unspecified atom stereocenters. The minimum absolute atomic E-state index is 0.102. The zero-order valence-corrected chi connectivity index (χ0v) is 36.4. The van der Waals surface area contributed by atoms with Crippen molar-refractivity contribution in [1.29, 1.82) is 5.26 Å². The Morgan fingerprint density at radius 3 is 2.31 bits per heavy atom. The van der Waals surface area contributed by atoms with Gasteiger partial charge in [-0.05, 0) is 116 Å². The van der Waals surface area contributed by atoms with Crippen LogP contribution in [0.3, 0.4) is 0 Å². The third-order valence-electron chi connectivity index (χ3n) is 14.2. The van der Waals surface area contributed by atoms with Crippen molar-refractivity contribution >= 4 is 46.9 Å². The molecule has 1 atom stereocenters. The summed E-state index contributed by atoms with van der Waals surface area (Å²) in [5, 5.41) is 12.2. The van der Waals surface area contributed by atoms with E-state index >= 15 is 0 Å². The molecule has 4 fully saturated rings. The van der Waals surface area contributed by atoms with Gasteiger partial charge in [-0.25, -0.2) is 4.99 Å². The van der Waals surface area contributed by atoms with E-state index in [0.29, 0.717) is 39.7 Å². The summed E-state index contributed by atoms with van der Waals surface area (Å²) in [5.41, 5.74) is 5.13. The van der Waals surface area contributed by atoms with Gasteiger partial charge in [0.15, 0.2) is 0 Å². The number of aliphatic imine (C=N–C) groups is 1. The van der Waals surface area contributed by atoms with Crippen molar-refractivity contribution in [3.05, 3.63) is 105 Å². The summed E-state index contributed by atoms with van der Waals surface area (Å²) in [6.45, 7) is 12.5. The molecule has 1 N–H and O–H groups in total. The third kappa shape index (κ3) is 8.06. The number of piperidine rings is 3. The number of carbonyl (C=O) groups is 4. The minimum Gasteiger partial charge on any atom is -0.487 e. The predicted octanol–water partition coefficient (Wildman–Crippen LogP) is 5.82. The first-order valence-corrected chi connectivity index (χ1v) is 22.2. The summed E-state index contributed by atoms with van der Waals surface area (Å²) >= 11 is 6.32. The Morgan fingerprint density at radius 2 is 1.60 bits per heavy atom. The molecule has 6 aliphatic heterocycles. The number of nitriles is 1. The number of likely N-dealkylation sites (tertiary alicyclic amines) is 2. The molecule has 0 saturated carbocycles. The number of benzene rings is 3. The van der Waals surface area contributed by atoms with E-state index in [-0.39, 0.29) is 24.2 Å². The summed E-state index contributed by atoms with van der Waals surface area (Å²) in [6.07, 6.45) is 6.94. The van der Waals surface area contributed by atoms with E-state index in [1.807, 2.05) is 36.4 Å². The molecule has 9 rings (SSSR count). The predicted molar refractivity (Wildman–Crippen MR) is 236 cm³/mol. The summed E-state index contributed by atoms with van der Waals surface area (Å²) in [5.74, 6) is 0.482. The molecular weight excluding hydrogens is 804 g/mol. The van der Waals surface area contributed by atoms with Gasteiger partial charge in [0.1, 0.15) is 18.4 Å². The molecule has 0 aromatic heterocycles. The molecule has 6 aliphatic rings. The first kappa shape index (κ1) is 41.6. The number of nitrogens with zero attached hydrogens (tertiary/aromatic N) is 7. The lowest BCUT2D eigenvalue weighted by Gasteiger charge is -2.50. The fourth-order valence-corrected chi connectivity index (χ4v) is 10.3. The van der Waals surface area contributed by atoms with Crippen LogP contribution in [0.5, 0.6) is 5.75 Å². The number of nitrogens with one attached hydrogen (secondary N) is 1. The quantitative estimate of drug-likeness (QED) is 0.262. The smallest absolute Gasteiger partial charge is 0.262 e. The maximum absolute atomic E-state index is 13.4. The molecule has 0 radical (unpaired) electrons. The van der Waals surface area contributed by atoms with E-state index < -0.39 is 23.8 Å². The van der Waals surface area contributed by atoms with Gasteiger partial charge < -0.3 is 24.3 Å². The number of rotatable bonds is 9. The first-order chi connectivity index (χ1) is 29.8.